The maximum Gasteiger partial charge on any atom is 0.271 e. The molecule has 0 aliphatic heterocycles. The Balaban J connectivity index is 1.83. The van der Waals surface area contributed by atoms with Crippen molar-refractivity contribution in [2.45, 2.75) is 24.8 Å². The zero-order valence-electron chi connectivity index (χ0n) is 12.8. The number of hydrogen-bond donors (Lipinski definition) is 1. The lowest BCUT2D eigenvalue weighted by molar-refractivity contribution is 0.788. The molecule has 22 heavy (non-hydrogen) atoms. The van der Waals surface area contributed by atoms with Crippen LogP contribution in [0, 0.1) is 13.8 Å². The Labute approximate surface area is 133 Å². The molecule has 1 aromatic carbocycles. The van der Waals surface area contributed by atoms with Gasteiger partial charge in [-0.05, 0) is 37.1 Å². The number of nitrogens with zero attached hydrogens (tertiary/aromatic N) is 3. The van der Waals surface area contributed by atoms with E-state index in [1.54, 1.807) is 28.7 Å². The number of aromatic nitrogens is 4. The van der Waals surface area contributed by atoms with Crippen molar-refractivity contribution in [3.05, 3.63) is 63.8 Å². The van der Waals surface area contributed by atoms with Crippen LogP contribution in [-0.2, 0) is 12.8 Å². The topological polar surface area (TPSA) is 55.6 Å². The third kappa shape index (κ3) is 2.87. The average molecular weight is 314 g/mol. The molecular formula is C16H18N4OS. The Morgan fingerprint density at radius 1 is 1.23 bits per heavy atom. The van der Waals surface area contributed by atoms with E-state index in [9.17, 15) is 4.79 Å². The van der Waals surface area contributed by atoms with Crippen molar-refractivity contribution in [1.82, 2.24) is 19.3 Å². The van der Waals surface area contributed by atoms with Crippen LogP contribution in [-0.4, -0.2) is 19.3 Å². The molecule has 0 saturated carbocycles. The van der Waals surface area contributed by atoms with E-state index in [0.29, 0.717) is 5.75 Å². The Bertz CT molecular complexity index is 859. The molecule has 0 atom stereocenters. The summed E-state index contributed by atoms with van der Waals surface area (Å²) < 4.78 is 3.55. The molecule has 2 heterocycles. The minimum atomic E-state index is -0.0429. The largest absolute Gasteiger partial charge is 0.329 e. The molecule has 0 amide bonds. The molecular weight excluding hydrogens is 296 g/mol. The average Bonchev–Trinajstić information content (AvgIpc) is 3.06. The summed E-state index contributed by atoms with van der Waals surface area (Å²) in [7, 11) is 1.96. The first-order chi connectivity index (χ1) is 10.5. The van der Waals surface area contributed by atoms with Gasteiger partial charge in [0.05, 0.1) is 5.69 Å². The van der Waals surface area contributed by atoms with Gasteiger partial charge in [0.2, 0.25) is 0 Å². The predicted octanol–water partition coefficient (Wildman–Crippen LogP) is 2.81. The van der Waals surface area contributed by atoms with E-state index >= 15 is 0 Å². The highest BCUT2D eigenvalue weighted by Crippen LogP contribution is 2.19. The zero-order valence-corrected chi connectivity index (χ0v) is 13.6. The molecule has 0 aliphatic rings. The summed E-state index contributed by atoms with van der Waals surface area (Å²) in [5, 5.41) is 4.10. The summed E-state index contributed by atoms with van der Waals surface area (Å²) in [6.45, 7) is 4.11. The number of aromatic amines is 1. The number of hydrogen-bond acceptors (Lipinski definition) is 3. The third-order valence-electron chi connectivity index (χ3n) is 3.66. The molecule has 114 valence electrons. The van der Waals surface area contributed by atoms with Gasteiger partial charge < -0.3 is 4.57 Å². The van der Waals surface area contributed by atoms with E-state index in [1.165, 1.54) is 11.1 Å². The first kappa shape index (κ1) is 14.7. The van der Waals surface area contributed by atoms with Gasteiger partial charge in [-0.3, -0.25) is 9.89 Å². The van der Waals surface area contributed by atoms with Gasteiger partial charge in [-0.2, -0.15) is 0 Å². The number of thioether (sulfide) groups is 1. The summed E-state index contributed by atoms with van der Waals surface area (Å²) in [6, 6.07) is 7.64. The van der Waals surface area contributed by atoms with Crippen LogP contribution in [0.4, 0.5) is 0 Å². The monoisotopic (exact) mass is 314 g/mol. The Morgan fingerprint density at radius 3 is 2.73 bits per heavy atom. The molecule has 0 unspecified atom stereocenters. The fourth-order valence-corrected chi connectivity index (χ4v) is 3.04. The Morgan fingerprint density at radius 2 is 2.05 bits per heavy atom. The first-order valence-corrected chi connectivity index (χ1v) is 8.02. The number of benzene rings is 1. The van der Waals surface area contributed by atoms with Crippen LogP contribution in [0.25, 0.3) is 5.69 Å². The number of rotatable bonds is 4. The normalized spacial score (nSPS) is 11.0. The lowest BCUT2D eigenvalue weighted by atomic mass is 10.1. The molecule has 6 heteroatoms. The lowest BCUT2D eigenvalue weighted by Gasteiger charge is -2.05. The van der Waals surface area contributed by atoms with Crippen LogP contribution in [0.2, 0.25) is 0 Å². The Hall–Kier alpha value is -2.21. The second-order valence-corrected chi connectivity index (χ2v) is 6.28. The molecule has 2 aromatic heterocycles. The molecule has 0 bridgehead atoms. The number of imidazole rings is 1. The standard InChI is InChI=1S/C16H18N4OS/c1-11-4-5-14(8-12(11)2)20-15(21)9-13(18-20)10-22-16-17-6-7-19(16)3/h4-9,18H,10H2,1-3H3. The summed E-state index contributed by atoms with van der Waals surface area (Å²) in [5.41, 5.74) is 4.09. The van der Waals surface area contributed by atoms with Crippen LogP contribution < -0.4 is 5.56 Å². The van der Waals surface area contributed by atoms with Crippen molar-refractivity contribution in [1.29, 1.82) is 0 Å². The van der Waals surface area contributed by atoms with Crippen LogP contribution in [0.3, 0.4) is 0 Å². The number of nitrogens with one attached hydrogen (secondary N) is 1. The summed E-state index contributed by atoms with van der Waals surface area (Å²) in [4.78, 5) is 16.4. The number of aryl methyl sites for hydroxylation is 3. The van der Waals surface area contributed by atoms with E-state index in [1.807, 2.05) is 42.9 Å². The van der Waals surface area contributed by atoms with Gasteiger partial charge in [0, 0.05) is 37.0 Å². The van der Waals surface area contributed by atoms with Crippen molar-refractivity contribution in [3.8, 4) is 5.69 Å². The molecule has 0 radical (unpaired) electrons. The van der Waals surface area contributed by atoms with Crippen LogP contribution in [0.1, 0.15) is 16.8 Å². The minimum Gasteiger partial charge on any atom is -0.329 e. The molecule has 3 aromatic rings. The lowest BCUT2D eigenvalue weighted by Crippen LogP contribution is -2.13. The maximum absolute atomic E-state index is 12.2. The van der Waals surface area contributed by atoms with Gasteiger partial charge in [0.25, 0.3) is 5.56 Å². The summed E-state index contributed by atoms with van der Waals surface area (Å²) in [5.74, 6) is 0.679. The van der Waals surface area contributed by atoms with Gasteiger partial charge in [-0.1, -0.05) is 17.8 Å². The second-order valence-electron chi connectivity index (χ2n) is 5.33. The van der Waals surface area contributed by atoms with Crippen molar-refractivity contribution in [2.24, 2.45) is 7.05 Å². The smallest absolute Gasteiger partial charge is 0.271 e. The zero-order chi connectivity index (χ0) is 15.7. The van der Waals surface area contributed by atoms with E-state index < -0.39 is 0 Å². The first-order valence-electron chi connectivity index (χ1n) is 7.03. The number of H-pyrrole nitrogens is 1. The van der Waals surface area contributed by atoms with Gasteiger partial charge in [-0.15, -0.1) is 0 Å². The molecule has 0 aliphatic carbocycles. The Kier molecular flexibility index (Phi) is 3.94. The quantitative estimate of drug-likeness (QED) is 0.753. The predicted molar refractivity (Wildman–Crippen MR) is 88.6 cm³/mol. The second kappa shape index (κ2) is 5.88. The molecule has 3 rings (SSSR count). The summed E-state index contributed by atoms with van der Waals surface area (Å²) >= 11 is 1.60. The van der Waals surface area contributed by atoms with Crippen LogP contribution >= 0.6 is 11.8 Å². The highest BCUT2D eigenvalue weighted by Gasteiger charge is 2.08. The molecule has 1 N–H and O–H groups in total. The molecule has 0 saturated heterocycles. The van der Waals surface area contributed by atoms with Crippen LogP contribution in [0.5, 0.6) is 0 Å². The highest BCUT2D eigenvalue weighted by atomic mass is 32.2. The van der Waals surface area contributed by atoms with E-state index in [-0.39, 0.29) is 5.56 Å². The highest BCUT2D eigenvalue weighted by molar-refractivity contribution is 7.98. The third-order valence-corrected chi connectivity index (χ3v) is 4.76. The van der Waals surface area contributed by atoms with Crippen molar-refractivity contribution in [2.75, 3.05) is 0 Å². The van der Waals surface area contributed by atoms with Gasteiger partial charge in [0.1, 0.15) is 0 Å². The van der Waals surface area contributed by atoms with Crippen molar-refractivity contribution < 1.29 is 0 Å². The minimum absolute atomic E-state index is 0.0429. The van der Waals surface area contributed by atoms with Crippen molar-refractivity contribution >= 4 is 11.8 Å². The molecule has 0 fully saturated rings. The molecule has 0 spiro atoms. The maximum atomic E-state index is 12.2. The van der Waals surface area contributed by atoms with Gasteiger partial charge in [-0.25, -0.2) is 9.67 Å². The van der Waals surface area contributed by atoms with Crippen molar-refractivity contribution in [3.63, 3.8) is 0 Å². The van der Waals surface area contributed by atoms with E-state index in [4.69, 9.17) is 0 Å². The molecule has 5 nitrogen and oxygen atoms in total. The van der Waals surface area contributed by atoms with E-state index in [2.05, 4.69) is 17.0 Å². The van der Waals surface area contributed by atoms with Gasteiger partial charge in [0.15, 0.2) is 5.16 Å². The summed E-state index contributed by atoms with van der Waals surface area (Å²) in [6.07, 6.45) is 3.68. The van der Waals surface area contributed by atoms with Crippen LogP contribution in [0.15, 0.2) is 46.6 Å². The van der Waals surface area contributed by atoms with E-state index in [0.717, 1.165) is 16.5 Å². The van der Waals surface area contributed by atoms with Gasteiger partial charge >= 0.3 is 0 Å². The SMILES string of the molecule is Cc1ccc(-n2[nH]c(CSc3nccn3C)cc2=O)cc1C. The fourth-order valence-electron chi connectivity index (χ4n) is 2.21. The fraction of sp³-hybridized carbons (Fsp3) is 0.250.